The van der Waals surface area contributed by atoms with Crippen molar-refractivity contribution in [3.8, 4) is 0 Å². The highest BCUT2D eigenvalue weighted by molar-refractivity contribution is 5.79. The van der Waals surface area contributed by atoms with E-state index in [0.29, 0.717) is 5.69 Å². The van der Waals surface area contributed by atoms with Crippen LogP contribution in [0, 0.1) is 6.92 Å². The summed E-state index contributed by atoms with van der Waals surface area (Å²) >= 11 is 0. The Balaban J connectivity index is 3.14. The lowest BCUT2D eigenvalue weighted by Gasteiger charge is -2.17. The molecule has 0 aromatic carbocycles. The van der Waals surface area contributed by atoms with Crippen LogP contribution in [0.3, 0.4) is 0 Å². The van der Waals surface area contributed by atoms with E-state index in [1.54, 1.807) is 26.1 Å². The van der Waals surface area contributed by atoms with E-state index < -0.39 is 11.4 Å². The first kappa shape index (κ1) is 9.64. The van der Waals surface area contributed by atoms with E-state index in [1.807, 2.05) is 6.92 Å². The Hall–Kier alpha value is -1.45. The molecular weight excluding hydrogens is 168 g/mol. The topological polar surface area (TPSA) is 63.1 Å². The molecule has 0 aliphatic rings. The maximum atomic E-state index is 10.9. The number of aliphatic carboxylic acids is 1. The van der Waals surface area contributed by atoms with Crippen molar-refractivity contribution in [2.75, 3.05) is 0 Å². The third kappa shape index (κ3) is 1.83. The lowest BCUT2D eigenvalue weighted by molar-refractivity contribution is -0.142. The van der Waals surface area contributed by atoms with Gasteiger partial charge in [0.2, 0.25) is 0 Å². The van der Waals surface area contributed by atoms with Gasteiger partial charge in [0.25, 0.3) is 0 Å². The van der Waals surface area contributed by atoms with Gasteiger partial charge in [0.05, 0.1) is 11.9 Å². The zero-order valence-corrected chi connectivity index (χ0v) is 7.90. The molecule has 1 aromatic heterocycles. The normalized spacial score (nSPS) is 11.3. The molecule has 13 heavy (non-hydrogen) atoms. The molecule has 0 bridgehead atoms. The molecule has 0 unspecified atom stereocenters. The molecule has 4 nitrogen and oxygen atoms in total. The highest BCUT2D eigenvalue weighted by Gasteiger charge is 2.31. The fraction of sp³-hybridized carbons (Fsp3) is 0.444. The monoisotopic (exact) mass is 180 g/mol. The second-order valence-electron chi connectivity index (χ2n) is 3.55. The van der Waals surface area contributed by atoms with E-state index in [9.17, 15) is 4.79 Å². The summed E-state index contributed by atoms with van der Waals surface area (Å²) in [6.45, 7) is 5.08. The van der Waals surface area contributed by atoms with Gasteiger partial charge in [-0.3, -0.25) is 4.79 Å². The van der Waals surface area contributed by atoms with E-state index in [2.05, 4.69) is 10.2 Å². The number of carboxylic acids is 1. The predicted octanol–water partition coefficient (Wildman–Crippen LogP) is 1.15. The van der Waals surface area contributed by atoms with Crippen molar-refractivity contribution in [1.29, 1.82) is 0 Å². The van der Waals surface area contributed by atoms with Gasteiger partial charge in [-0.25, -0.2) is 0 Å². The van der Waals surface area contributed by atoms with Crippen molar-refractivity contribution in [3.63, 3.8) is 0 Å². The van der Waals surface area contributed by atoms with Gasteiger partial charge in [-0.05, 0) is 32.4 Å². The second-order valence-corrected chi connectivity index (χ2v) is 3.55. The van der Waals surface area contributed by atoms with E-state index in [0.717, 1.165) is 5.56 Å². The van der Waals surface area contributed by atoms with Gasteiger partial charge in [-0.2, -0.15) is 10.2 Å². The summed E-state index contributed by atoms with van der Waals surface area (Å²) in [5.74, 6) is -0.896. The van der Waals surface area contributed by atoms with Gasteiger partial charge < -0.3 is 5.11 Å². The van der Waals surface area contributed by atoms with Crippen LogP contribution in [0.4, 0.5) is 0 Å². The minimum Gasteiger partial charge on any atom is -0.481 e. The summed E-state index contributed by atoms with van der Waals surface area (Å²) in [5, 5.41) is 16.4. The van der Waals surface area contributed by atoms with Gasteiger partial charge >= 0.3 is 5.97 Å². The lowest BCUT2D eigenvalue weighted by atomic mass is 9.89. The van der Waals surface area contributed by atoms with E-state index in [-0.39, 0.29) is 0 Å². The van der Waals surface area contributed by atoms with Crippen LogP contribution in [0.1, 0.15) is 25.1 Å². The number of carbonyl (C=O) groups is 1. The molecule has 0 saturated heterocycles. The van der Waals surface area contributed by atoms with Gasteiger partial charge in [0.1, 0.15) is 5.41 Å². The van der Waals surface area contributed by atoms with Crippen LogP contribution in [0.25, 0.3) is 0 Å². The zero-order chi connectivity index (χ0) is 10.1. The zero-order valence-electron chi connectivity index (χ0n) is 7.90. The van der Waals surface area contributed by atoms with Gasteiger partial charge in [0, 0.05) is 0 Å². The Morgan fingerprint density at radius 3 is 2.62 bits per heavy atom. The van der Waals surface area contributed by atoms with Crippen molar-refractivity contribution in [1.82, 2.24) is 10.2 Å². The van der Waals surface area contributed by atoms with Crippen LogP contribution in [0.15, 0.2) is 12.3 Å². The van der Waals surface area contributed by atoms with Gasteiger partial charge in [-0.15, -0.1) is 0 Å². The minimum atomic E-state index is -0.973. The summed E-state index contributed by atoms with van der Waals surface area (Å²) in [7, 11) is 0. The first-order chi connectivity index (χ1) is 5.94. The molecule has 0 amide bonds. The third-order valence-electron chi connectivity index (χ3n) is 1.97. The number of aryl methyl sites for hydroxylation is 1. The largest absolute Gasteiger partial charge is 0.481 e. The molecule has 0 fully saturated rings. The first-order valence-corrected chi connectivity index (χ1v) is 3.98. The number of nitrogens with zero attached hydrogens (tertiary/aromatic N) is 2. The quantitative estimate of drug-likeness (QED) is 0.741. The molecule has 0 radical (unpaired) electrons. The van der Waals surface area contributed by atoms with Crippen LogP contribution in [0.5, 0.6) is 0 Å². The summed E-state index contributed by atoms with van der Waals surface area (Å²) in [6, 6.07) is 1.74. The Morgan fingerprint density at radius 2 is 2.15 bits per heavy atom. The van der Waals surface area contributed by atoms with Crippen molar-refractivity contribution >= 4 is 5.97 Å². The Morgan fingerprint density at radius 1 is 1.54 bits per heavy atom. The molecule has 4 heteroatoms. The Labute approximate surface area is 76.6 Å². The van der Waals surface area contributed by atoms with Crippen LogP contribution < -0.4 is 0 Å². The number of hydrogen-bond acceptors (Lipinski definition) is 3. The highest BCUT2D eigenvalue weighted by Crippen LogP contribution is 2.20. The molecule has 1 aromatic rings. The van der Waals surface area contributed by atoms with Crippen LogP contribution in [-0.4, -0.2) is 21.3 Å². The highest BCUT2D eigenvalue weighted by atomic mass is 16.4. The number of hydrogen-bond donors (Lipinski definition) is 1. The summed E-state index contributed by atoms with van der Waals surface area (Å²) in [4.78, 5) is 10.9. The number of aromatic nitrogens is 2. The first-order valence-electron chi connectivity index (χ1n) is 3.98. The van der Waals surface area contributed by atoms with E-state index in [4.69, 9.17) is 5.11 Å². The van der Waals surface area contributed by atoms with Crippen LogP contribution in [-0.2, 0) is 10.2 Å². The average molecular weight is 180 g/mol. The number of carboxylic acid groups (broad SMARTS) is 1. The maximum Gasteiger partial charge on any atom is 0.315 e. The molecule has 0 aliphatic heterocycles. The smallest absolute Gasteiger partial charge is 0.315 e. The van der Waals surface area contributed by atoms with E-state index in [1.165, 1.54) is 0 Å². The average Bonchev–Trinajstić information content (AvgIpc) is 2.04. The Bertz CT molecular complexity index is 334. The predicted molar refractivity (Wildman–Crippen MR) is 47.4 cm³/mol. The fourth-order valence-electron chi connectivity index (χ4n) is 0.879. The summed E-state index contributed by atoms with van der Waals surface area (Å²) in [6.07, 6.45) is 1.60. The van der Waals surface area contributed by atoms with Crippen LogP contribution in [0.2, 0.25) is 0 Å². The molecule has 0 aliphatic carbocycles. The molecule has 1 heterocycles. The van der Waals surface area contributed by atoms with Gasteiger partial charge in [0.15, 0.2) is 0 Å². The van der Waals surface area contributed by atoms with Gasteiger partial charge in [-0.1, -0.05) is 0 Å². The minimum absolute atomic E-state index is 0.486. The number of rotatable bonds is 2. The lowest BCUT2D eigenvalue weighted by Crippen LogP contribution is -2.30. The molecule has 0 spiro atoms. The molecule has 0 saturated carbocycles. The third-order valence-corrected chi connectivity index (χ3v) is 1.97. The molecule has 70 valence electrons. The Kier molecular flexibility index (Phi) is 2.32. The van der Waals surface area contributed by atoms with Crippen molar-refractivity contribution < 1.29 is 9.90 Å². The molecule has 1 N–H and O–H groups in total. The molecule has 0 atom stereocenters. The van der Waals surface area contributed by atoms with Crippen molar-refractivity contribution in [2.45, 2.75) is 26.2 Å². The maximum absolute atomic E-state index is 10.9. The standard InChI is InChI=1S/C9H12N2O2/c1-6-4-7(11-10-5-6)9(2,3)8(12)13/h4-5H,1-3H3,(H,12,13). The van der Waals surface area contributed by atoms with E-state index >= 15 is 0 Å². The summed E-state index contributed by atoms with van der Waals surface area (Å²) in [5.41, 5.74) is 0.429. The molecular formula is C9H12N2O2. The fourth-order valence-corrected chi connectivity index (χ4v) is 0.879. The summed E-state index contributed by atoms with van der Waals surface area (Å²) < 4.78 is 0. The SMILES string of the molecule is Cc1cnnc(C(C)(C)C(=O)O)c1. The van der Waals surface area contributed by atoms with Crippen molar-refractivity contribution in [3.05, 3.63) is 23.5 Å². The second kappa shape index (κ2) is 3.12. The van der Waals surface area contributed by atoms with Crippen LogP contribution >= 0.6 is 0 Å². The van der Waals surface area contributed by atoms with Crippen molar-refractivity contribution in [2.24, 2.45) is 0 Å². The molecule has 1 rings (SSSR count).